The highest BCUT2D eigenvalue weighted by Crippen LogP contribution is 2.40. The first kappa shape index (κ1) is 23.7. The maximum absolute atomic E-state index is 6.31. The van der Waals surface area contributed by atoms with Crippen molar-refractivity contribution in [3.63, 3.8) is 0 Å². The van der Waals surface area contributed by atoms with Gasteiger partial charge >= 0.3 is 0 Å². The van der Waals surface area contributed by atoms with Crippen molar-refractivity contribution in [2.24, 2.45) is 0 Å². The molecule has 164 valence electrons. The molecule has 0 aromatic heterocycles. The second kappa shape index (κ2) is 12.8. The molecule has 5 nitrogen and oxygen atoms in total. The molecule has 0 aliphatic heterocycles. The molecule has 8 heteroatoms. The van der Waals surface area contributed by atoms with Crippen LogP contribution in [0.1, 0.15) is 23.7 Å². The second-order valence-electron chi connectivity index (χ2n) is 6.90. The smallest absolute Gasteiger partial charge is 0.124 e. The first-order chi connectivity index (χ1) is 14.7. The molecule has 2 aromatic rings. The molecular weight excluding hydrogens is 443 g/mol. The molecule has 30 heavy (non-hydrogen) atoms. The van der Waals surface area contributed by atoms with Crippen LogP contribution in [0.15, 0.2) is 41.3 Å². The van der Waals surface area contributed by atoms with Crippen LogP contribution < -0.4 is 14.8 Å². The average molecular weight is 471 g/mol. The molecule has 0 saturated carbocycles. The summed E-state index contributed by atoms with van der Waals surface area (Å²) in [6, 6.07) is 11.8. The van der Waals surface area contributed by atoms with E-state index in [9.17, 15) is 0 Å². The Labute approximate surface area is 192 Å². The third kappa shape index (κ3) is 7.31. The van der Waals surface area contributed by atoms with Crippen molar-refractivity contribution < 1.29 is 14.2 Å². The SMILES string of the molecule is CNCCOCCOCCNSc1ccc(OC2CCc3c(Cl)cc(Cl)cc32)cc1. The van der Waals surface area contributed by atoms with Gasteiger partial charge in [0.05, 0.1) is 26.4 Å². The van der Waals surface area contributed by atoms with Gasteiger partial charge in [-0.05, 0) is 79.4 Å². The number of hydrogen-bond donors (Lipinski definition) is 2. The maximum atomic E-state index is 6.31. The van der Waals surface area contributed by atoms with Crippen LogP contribution in [0, 0.1) is 0 Å². The van der Waals surface area contributed by atoms with Crippen molar-refractivity contribution in [2.75, 3.05) is 46.6 Å². The third-order valence-corrected chi connectivity index (χ3v) is 6.12. The zero-order chi connectivity index (χ0) is 21.2. The van der Waals surface area contributed by atoms with E-state index in [0.717, 1.165) is 52.7 Å². The topological polar surface area (TPSA) is 51.8 Å². The molecule has 2 N–H and O–H groups in total. The number of rotatable bonds is 13. The van der Waals surface area contributed by atoms with Gasteiger partial charge in [-0.15, -0.1) is 0 Å². The summed E-state index contributed by atoms with van der Waals surface area (Å²) in [5.74, 6) is 0.843. The standard InChI is InChI=1S/C22H28Cl2N2O3S/c1-25-8-10-27-12-13-28-11-9-26-30-18-4-2-17(3-5-18)29-22-7-6-19-20(22)14-16(23)15-21(19)24/h2-5,14-15,22,25-26H,6-13H2,1H3. The summed E-state index contributed by atoms with van der Waals surface area (Å²) in [6.07, 6.45) is 1.82. The number of ether oxygens (including phenoxy) is 3. The summed E-state index contributed by atoms with van der Waals surface area (Å²) in [5.41, 5.74) is 2.24. The largest absolute Gasteiger partial charge is 0.486 e. The van der Waals surface area contributed by atoms with Gasteiger partial charge in [0.15, 0.2) is 0 Å². The van der Waals surface area contributed by atoms with Gasteiger partial charge in [-0.25, -0.2) is 0 Å². The van der Waals surface area contributed by atoms with E-state index >= 15 is 0 Å². The molecule has 1 aliphatic rings. The van der Waals surface area contributed by atoms with Crippen molar-refractivity contribution >= 4 is 35.1 Å². The summed E-state index contributed by atoms with van der Waals surface area (Å²) in [4.78, 5) is 1.12. The lowest BCUT2D eigenvalue weighted by molar-refractivity contribution is 0.0516. The van der Waals surface area contributed by atoms with Gasteiger partial charge in [-0.2, -0.15) is 0 Å². The fourth-order valence-corrected chi connectivity index (χ4v) is 4.45. The number of fused-ring (bicyclic) bond motifs is 1. The Morgan fingerprint density at radius 2 is 1.73 bits per heavy atom. The molecule has 0 spiro atoms. The highest BCUT2D eigenvalue weighted by Gasteiger charge is 2.26. The Morgan fingerprint density at radius 3 is 2.47 bits per heavy atom. The number of hydrogen-bond acceptors (Lipinski definition) is 6. The maximum Gasteiger partial charge on any atom is 0.124 e. The molecule has 0 amide bonds. The Hall–Kier alpha value is -0.990. The van der Waals surface area contributed by atoms with Gasteiger partial charge < -0.3 is 19.5 Å². The van der Waals surface area contributed by atoms with E-state index in [2.05, 4.69) is 10.0 Å². The molecule has 0 bridgehead atoms. The molecule has 0 heterocycles. The Kier molecular flexibility index (Phi) is 10.1. The van der Waals surface area contributed by atoms with Gasteiger partial charge in [-0.3, -0.25) is 4.72 Å². The summed E-state index contributed by atoms with van der Waals surface area (Å²) >= 11 is 14.1. The first-order valence-electron chi connectivity index (χ1n) is 10.1. The number of benzene rings is 2. The molecule has 1 unspecified atom stereocenters. The van der Waals surface area contributed by atoms with Crippen LogP contribution in [0.5, 0.6) is 5.75 Å². The number of likely N-dealkylation sites (N-methyl/N-ethyl adjacent to an activating group) is 1. The van der Waals surface area contributed by atoms with Crippen molar-refractivity contribution in [1.29, 1.82) is 0 Å². The van der Waals surface area contributed by atoms with Gasteiger partial charge in [0.2, 0.25) is 0 Å². The zero-order valence-corrected chi connectivity index (χ0v) is 19.4. The summed E-state index contributed by atoms with van der Waals surface area (Å²) in [7, 11) is 1.91. The van der Waals surface area contributed by atoms with Gasteiger partial charge in [-0.1, -0.05) is 23.2 Å². The van der Waals surface area contributed by atoms with E-state index < -0.39 is 0 Å². The fraction of sp³-hybridized carbons (Fsp3) is 0.455. The Balaban J connectivity index is 1.34. The van der Waals surface area contributed by atoms with Crippen LogP contribution in [-0.4, -0.2) is 46.6 Å². The average Bonchev–Trinajstić information content (AvgIpc) is 3.13. The molecule has 0 saturated heterocycles. The lowest BCUT2D eigenvalue weighted by Gasteiger charge is -2.16. The minimum absolute atomic E-state index is 0.00723. The van der Waals surface area contributed by atoms with Crippen LogP contribution in [0.4, 0.5) is 0 Å². The van der Waals surface area contributed by atoms with Gasteiger partial charge in [0, 0.05) is 28.0 Å². The summed E-state index contributed by atoms with van der Waals surface area (Å²) < 4.78 is 20.4. The highest BCUT2D eigenvalue weighted by atomic mass is 35.5. The Morgan fingerprint density at radius 1 is 1.00 bits per heavy atom. The molecule has 0 radical (unpaired) electrons. The quantitative estimate of drug-likeness (QED) is 0.320. The predicted molar refractivity (Wildman–Crippen MR) is 124 cm³/mol. The number of halogens is 2. The normalized spacial score (nSPS) is 15.4. The van der Waals surface area contributed by atoms with Crippen LogP contribution >= 0.6 is 35.1 Å². The molecular formula is C22H28Cl2N2O3S. The van der Waals surface area contributed by atoms with E-state index in [4.69, 9.17) is 37.4 Å². The van der Waals surface area contributed by atoms with E-state index in [1.54, 1.807) is 18.0 Å². The van der Waals surface area contributed by atoms with Crippen molar-refractivity contribution in [3.05, 3.63) is 57.6 Å². The highest BCUT2D eigenvalue weighted by molar-refractivity contribution is 7.97. The molecule has 1 aliphatic carbocycles. The van der Waals surface area contributed by atoms with Crippen LogP contribution in [0.25, 0.3) is 0 Å². The summed E-state index contributed by atoms with van der Waals surface area (Å²) in [6.45, 7) is 4.22. The van der Waals surface area contributed by atoms with Crippen molar-refractivity contribution in [3.8, 4) is 5.75 Å². The third-order valence-electron chi connectivity index (χ3n) is 4.71. The lowest BCUT2D eigenvalue weighted by Crippen LogP contribution is -2.18. The molecule has 0 fully saturated rings. The molecule has 2 aromatic carbocycles. The predicted octanol–water partition coefficient (Wildman–Crippen LogP) is 4.91. The van der Waals surface area contributed by atoms with E-state index in [1.807, 2.05) is 37.4 Å². The van der Waals surface area contributed by atoms with Crippen LogP contribution in [0.2, 0.25) is 10.0 Å². The minimum atomic E-state index is -0.00723. The second-order valence-corrected chi connectivity index (χ2v) is 8.70. The Bertz CT molecular complexity index is 793. The molecule has 3 rings (SSSR count). The number of nitrogens with one attached hydrogen (secondary N) is 2. The first-order valence-corrected chi connectivity index (χ1v) is 11.7. The van der Waals surface area contributed by atoms with E-state index in [-0.39, 0.29) is 6.10 Å². The molecule has 1 atom stereocenters. The monoisotopic (exact) mass is 470 g/mol. The lowest BCUT2D eigenvalue weighted by atomic mass is 10.1. The minimum Gasteiger partial charge on any atom is -0.486 e. The van der Waals surface area contributed by atoms with Gasteiger partial charge in [0.1, 0.15) is 11.9 Å². The van der Waals surface area contributed by atoms with Crippen LogP contribution in [-0.2, 0) is 15.9 Å². The van der Waals surface area contributed by atoms with Crippen molar-refractivity contribution in [2.45, 2.75) is 23.8 Å². The van der Waals surface area contributed by atoms with Crippen LogP contribution in [0.3, 0.4) is 0 Å². The fourth-order valence-electron chi connectivity index (χ4n) is 3.22. The van der Waals surface area contributed by atoms with E-state index in [1.165, 1.54) is 0 Å². The zero-order valence-electron chi connectivity index (χ0n) is 17.1. The van der Waals surface area contributed by atoms with Gasteiger partial charge in [0.25, 0.3) is 0 Å². The summed E-state index contributed by atoms with van der Waals surface area (Å²) in [5, 5.41) is 4.41. The van der Waals surface area contributed by atoms with E-state index in [0.29, 0.717) is 31.5 Å². The van der Waals surface area contributed by atoms with Crippen molar-refractivity contribution in [1.82, 2.24) is 10.0 Å².